The molecule has 5 nitrogen and oxygen atoms in total. The Hall–Kier alpha value is -1.18. The van der Waals surface area contributed by atoms with Crippen LogP contribution in [0.3, 0.4) is 0 Å². The Kier molecular flexibility index (Phi) is 8.66. The summed E-state index contributed by atoms with van der Waals surface area (Å²) in [5, 5.41) is 2.78. The average molecular weight is 423 g/mol. The van der Waals surface area contributed by atoms with Gasteiger partial charge in [-0.1, -0.05) is 6.07 Å². The molecule has 1 fully saturated rings. The standard InChI is InChI=1S/C16H21BrFN3O2.ClH/c17-13-8-11(3-4-14(13)18)9-15(22)21-7-1-2-12(10-21)16(23)20-6-5-19;/h3-4,8,12H,1-2,5-7,9-10,19H2,(H,20,23);1H. The average Bonchev–Trinajstić information content (AvgIpc) is 2.56. The van der Waals surface area contributed by atoms with E-state index in [1.807, 2.05) is 0 Å². The summed E-state index contributed by atoms with van der Waals surface area (Å²) in [7, 11) is 0. The van der Waals surface area contributed by atoms with E-state index in [1.165, 1.54) is 6.07 Å². The molecule has 1 atom stereocenters. The second-order valence-electron chi connectivity index (χ2n) is 5.68. The number of hydrogen-bond donors (Lipinski definition) is 2. The van der Waals surface area contributed by atoms with E-state index in [1.54, 1.807) is 17.0 Å². The molecule has 1 aliphatic heterocycles. The van der Waals surface area contributed by atoms with Gasteiger partial charge in [-0.05, 0) is 46.5 Å². The number of halogens is 3. The molecule has 2 amide bonds. The lowest BCUT2D eigenvalue weighted by Gasteiger charge is -2.32. The van der Waals surface area contributed by atoms with Crippen LogP contribution in [0.2, 0.25) is 0 Å². The van der Waals surface area contributed by atoms with Crippen LogP contribution in [-0.4, -0.2) is 42.9 Å². The van der Waals surface area contributed by atoms with Crippen LogP contribution in [0, 0.1) is 11.7 Å². The van der Waals surface area contributed by atoms with Crippen molar-refractivity contribution in [2.45, 2.75) is 19.3 Å². The molecule has 1 aromatic carbocycles. The third kappa shape index (κ3) is 5.72. The lowest BCUT2D eigenvalue weighted by molar-refractivity contribution is -0.135. The first kappa shape index (κ1) is 20.9. The summed E-state index contributed by atoms with van der Waals surface area (Å²) < 4.78 is 13.6. The van der Waals surface area contributed by atoms with Crippen molar-refractivity contribution >= 4 is 40.2 Å². The van der Waals surface area contributed by atoms with Gasteiger partial charge in [0.1, 0.15) is 5.82 Å². The summed E-state index contributed by atoms with van der Waals surface area (Å²) in [4.78, 5) is 26.1. The maximum Gasteiger partial charge on any atom is 0.227 e. The van der Waals surface area contributed by atoms with Crippen LogP contribution in [-0.2, 0) is 16.0 Å². The van der Waals surface area contributed by atoms with Crippen molar-refractivity contribution in [2.75, 3.05) is 26.2 Å². The third-order valence-electron chi connectivity index (χ3n) is 3.93. The molecule has 0 aromatic heterocycles. The fourth-order valence-corrected chi connectivity index (χ4v) is 3.12. The van der Waals surface area contributed by atoms with E-state index >= 15 is 0 Å². The van der Waals surface area contributed by atoms with Crippen LogP contribution in [0.25, 0.3) is 0 Å². The number of nitrogens with one attached hydrogen (secondary N) is 1. The number of benzene rings is 1. The summed E-state index contributed by atoms with van der Waals surface area (Å²) in [6.45, 7) is 1.94. The zero-order valence-corrected chi connectivity index (χ0v) is 15.7. The number of hydrogen-bond acceptors (Lipinski definition) is 3. The van der Waals surface area contributed by atoms with Crippen LogP contribution >= 0.6 is 28.3 Å². The van der Waals surface area contributed by atoms with Gasteiger partial charge in [-0.25, -0.2) is 4.39 Å². The van der Waals surface area contributed by atoms with Gasteiger partial charge in [0.25, 0.3) is 0 Å². The Morgan fingerprint density at radius 3 is 2.83 bits per heavy atom. The highest BCUT2D eigenvalue weighted by Gasteiger charge is 2.28. The number of nitrogens with two attached hydrogens (primary N) is 1. The second kappa shape index (κ2) is 9.96. The van der Waals surface area contributed by atoms with Crippen molar-refractivity contribution in [3.8, 4) is 0 Å². The first-order chi connectivity index (χ1) is 11.0. The number of carbonyl (C=O) groups excluding carboxylic acids is 2. The Morgan fingerprint density at radius 1 is 1.42 bits per heavy atom. The van der Waals surface area contributed by atoms with Crippen molar-refractivity contribution in [3.63, 3.8) is 0 Å². The Labute approximate surface area is 155 Å². The maximum atomic E-state index is 13.2. The van der Waals surface area contributed by atoms with Crippen molar-refractivity contribution in [2.24, 2.45) is 11.7 Å². The molecule has 0 spiro atoms. The predicted octanol–water partition coefficient (Wildman–Crippen LogP) is 1.87. The van der Waals surface area contributed by atoms with Crippen molar-refractivity contribution in [1.29, 1.82) is 0 Å². The molecular weight excluding hydrogens is 401 g/mol. The monoisotopic (exact) mass is 421 g/mol. The Morgan fingerprint density at radius 2 is 2.17 bits per heavy atom. The molecule has 0 radical (unpaired) electrons. The minimum atomic E-state index is -0.351. The highest BCUT2D eigenvalue weighted by atomic mass is 79.9. The van der Waals surface area contributed by atoms with Gasteiger partial charge in [0.2, 0.25) is 11.8 Å². The maximum absolute atomic E-state index is 13.2. The third-order valence-corrected chi connectivity index (χ3v) is 4.54. The fourth-order valence-electron chi connectivity index (χ4n) is 2.69. The van der Waals surface area contributed by atoms with Crippen LogP contribution < -0.4 is 11.1 Å². The number of nitrogens with zero attached hydrogens (tertiary/aromatic N) is 1. The predicted molar refractivity (Wildman–Crippen MR) is 96.4 cm³/mol. The lowest BCUT2D eigenvalue weighted by atomic mass is 9.96. The normalized spacial score (nSPS) is 17.1. The molecule has 8 heteroatoms. The molecule has 134 valence electrons. The highest BCUT2D eigenvalue weighted by molar-refractivity contribution is 9.10. The van der Waals surface area contributed by atoms with Gasteiger partial charge in [0, 0.05) is 26.2 Å². The zero-order valence-electron chi connectivity index (χ0n) is 13.3. The molecule has 2 rings (SSSR count). The Balaban J connectivity index is 0.00000288. The van der Waals surface area contributed by atoms with Crippen molar-refractivity contribution < 1.29 is 14.0 Å². The van der Waals surface area contributed by atoms with E-state index in [2.05, 4.69) is 21.2 Å². The van der Waals surface area contributed by atoms with Gasteiger partial charge < -0.3 is 16.0 Å². The molecule has 1 aliphatic rings. The number of carbonyl (C=O) groups is 2. The Bertz CT molecular complexity index is 588. The van der Waals surface area contributed by atoms with Gasteiger partial charge in [0.05, 0.1) is 16.8 Å². The second-order valence-corrected chi connectivity index (χ2v) is 6.54. The number of rotatable bonds is 5. The molecule has 1 aromatic rings. The van der Waals surface area contributed by atoms with Crippen LogP contribution in [0.5, 0.6) is 0 Å². The molecule has 0 saturated carbocycles. The van der Waals surface area contributed by atoms with Crippen LogP contribution in [0.4, 0.5) is 4.39 Å². The van der Waals surface area contributed by atoms with Crippen LogP contribution in [0.1, 0.15) is 18.4 Å². The van der Waals surface area contributed by atoms with Gasteiger partial charge in [0.15, 0.2) is 0 Å². The van der Waals surface area contributed by atoms with Gasteiger partial charge in [-0.2, -0.15) is 0 Å². The highest BCUT2D eigenvalue weighted by Crippen LogP contribution is 2.20. The molecule has 3 N–H and O–H groups in total. The van der Waals surface area contributed by atoms with E-state index in [0.29, 0.717) is 30.7 Å². The molecule has 1 unspecified atom stereocenters. The first-order valence-electron chi connectivity index (χ1n) is 7.70. The molecule has 1 heterocycles. The summed E-state index contributed by atoms with van der Waals surface area (Å²) in [6, 6.07) is 4.56. The minimum absolute atomic E-state index is 0. The largest absolute Gasteiger partial charge is 0.355 e. The quantitative estimate of drug-likeness (QED) is 0.760. The van der Waals surface area contributed by atoms with Crippen molar-refractivity contribution in [1.82, 2.24) is 10.2 Å². The summed E-state index contributed by atoms with van der Waals surface area (Å²) in [5.41, 5.74) is 6.13. The summed E-state index contributed by atoms with van der Waals surface area (Å²) in [6.07, 6.45) is 1.79. The SMILES string of the molecule is Cl.NCCNC(=O)C1CCCN(C(=O)Cc2ccc(F)c(Br)c2)C1. The lowest BCUT2D eigenvalue weighted by Crippen LogP contribution is -2.46. The topological polar surface area (TPSA) is 75.4 Å². The molecule has 1 saturated heterocycles. The number of likely N-dealkylation sites (tertiary alicyclic amines) is 1. The molecule has 0 aliphatic carbocycles. The molecule has 24 heavy (non-hydrogen) atoms. The van der Waals surface area contributed by atoms with Crippen LogP contribution in [0.15, 0.2) is 22.7 Å². The van der Waals surface area contributed by atoms with E-state index in [4.69, 9.17) is 5.73 Å². The van der Waals surface area contributed by atoms with E-state index in [0.717, 1.165) is 18.4 Å². The molecule has 0 bridgehead atoms. The van der Waals surface area contributed by atoms with Gasteiger partial charge in [-0.15, -0.1) is 12.4 Å². The summed E-state index contributed by atoms with van der Waals surface area (Å²) in [5.74, 6) is -0.618. The smallest absolute Gasteiger partial charge is 0.227 e. The molecular formula is C16H22BrClFN3O2. The van der Waals surface area contributed by atoms with E-state index < -0.39 is 0 Å². The zero-order chi connectivity index (χ0) is 16.8. The van der Waals surface area contributed by atoms with Gasteiger partial charge in [-0.3, -0.25) is 9.59 Å². The summed E-state index contributed by atoms with van der Waals surface area (Å²) >= 11 is 3.12. The fraction of sp³-hybridized carbons (Fsp3) is 0.500. The van der Waals surface area contributed by atoms with E-state index in [-0.39, 0.29) is 42.4 Å². The number of amides is 2. The minimum Gasteiger partial charge on any atom is -0.355 e. The van der Waals surface area contributed by atoms with Crippen molar-refractivity contribution in [3.05, 3.63) is 34.1 Å². The van der Waals surface area contributed by atoms with Gasteiger partial charge >= 0.3 is 0 Å². The van der Waals surface area contributed by atoms with E-state index in [9.17, 15) is 14.0 Å². The number of piperidine rings is 1. The first-order valence-corrected chi connectivity index (χ1v) is 8.50.